The van der Waals surface area contributed by atoms with Gasteiger partial charge in [-0.2, -0.15) is 0 Å². The first kappa shape index (κ1) is 14.1. The van der Waals surface area contributed by atoms with Gasteiger partial charge in [0.25, 0.3) is 0 Å². The molecule has 0 saturated heterocycles. The summed E-state index contributed by atoms with van der Waals surface area (Å²) in [5.41, 5.74) is 6.46. The molecular weight excluding hydrogens is 222 g/mol. The average molecular weight is 242 g/mol. The minimum absolute atomic E-state index is 0.172. The molecule has 1 aromatic rings. The van der Waals surface area contributed by atoms with Crippen LogP contribution in [0.15, 0.2) is 18.2 Å². The maximum absolute atomic E-state index is 12.9. The minimum atomic E-state index is -0.799. The van der Waals surface area contributed by atoms with Crippen LogP contribution in [0.2, 0.25) is 0 Å². The Hall–Kier alpha value is -1.00. The third-order valence-corrected chi connectivity index (χ3v) is 2.52. The van der Waals surface area contributed by atoms with E-state index in [9.17, 15) is 8.78 Å². The summed E-state index contributed by atoms with van der Waals surface area (Å²) in [6, 6.07) is 4.00. The molecule has 0 heterocycles. The highest BCUT2D eigenvalue weighted by atomic mass is 19.2. The Labute approximate surface area is 101 Å². The molecule has 0 unspecified atom stereocenters. The molecule has 0 bridgehead atoms. The van der Waals surface area contributed by atoms with E-state index in [1.165, 1.54) is 6.07 Å². The van der Waals surface area contributed by atoms with Gasteiger partial charge in [0.1, 0.15) is 0 Å². The molecule has 0 aliphatic heterocycles. The molecule has 1 rings (SSSR count). The Morgan fingerprint density at radius 1 is 1.18 bits per heavy atom. The number of hydrogen-bond acceptors (Lipinski definition) is 2. The maximum Gasteiger partial charge on any atom is 0.159 e. The highest BCUT2D eigenvalue weighted by molar-refractivity contribution is 5.17. The van der Waals surface area contributed by atoms with E-state index in [1.54, 1.807) is 6.07 Å². The van der Waals surface area contributed by atoms with E-state index >= 15 is 0 Å². The molecule has 0 aliphatic carbocycles. The molecule has 0 atom stereocenters. The molecule has 0 aromatic heterocycles. The van der Waals surface area contributed by atoms with E-state index in [0.29, 0.717) is 6.42 Å². The molecule has 1 aromatic carbocycles. The van der Waals surface area contributed by atoms with Gasteiger partial charge < -0.3 is 11.1 Å². The fourth-order valence-corrected chi connectivity index (χ4v) is 1.46. The van der Waals surface area contributed by atoms with Crippen LogP contribution >= 0.6 is 0 Å². The zero-order valence-corrected chi connectivity index (χ0v) is 10.4. The average Bonchev–Trinajstić information content (AvgIpc) is 2.21. The van der Waals surface area contributed by atoms with E-state index < -0.39 is 11.6 Å². The van der Waals surface area contributed by atoms with Gasteiger partial charge in [0.2, 0.25) is 0 Å². The van der Waals surface area contributed by atoms with Gasteiger partial charge >= 0.3 is 0 Å². The molecule has 0 saturated carbocycles. The first-order valence-corrected chi connectivity index (χ1v) is 5.82. The second-order valence-corrected chi connectivity index (χ2v) is 4.99. The monoisotopic (exact) mass is 242 g/mol. The normalized spacial score (nSPS) is 11.8. The predicted molar refractivity (Wildman–Crippen MR) is 65.8 cm³/mol. The second kappa shape index (κ2) is 6.07. The molecule has 0 aliphatic rings. The Kier molecular flexibility index (Phi) is 5.02. The first-order chi connectivity index (χ1) is 7.88. The van der Waals surface area contributed by atoms with Crippen molar-refractivity contribution in [2.45, 2.75) is 32.2 Å². The van der Waals surface area contributed by atoms with Crippen LogP contribution in [0.4, 0.5) is 8.78 Å². The van der Waals surface area contributed by atoms with E-state index in [2.05, 4.69) is 5.32 Å². The number of nitrogens with two attached hydrogens (primary N) is 1. The third kappa shape index (κ3) is 5.75. The van der Waals surface area contributed by atoms with Crippen molar-refractivity contribution in [2.75, 3.05) is 13.1 Å². The van der Waals surface area contributed by atoms with Gasteiger partial charge in [0.05, 0.1) is 0 Å². The van der Waals surface area contributed by atoms with Crippen molar-refractivity contribution in [1.82, 2.24) is 5.32 Å². The van der Waals surface area contributed by atoms with Crippen molar-refractivity contribution in [3.05, 3.63) is 35.4 Å². The lowest BCUT2D eigenvalue weighted by atomic mass is 10.0. The Bertz CT molecular complexity index is 359. The van der Waals surface area contributed by atoms with Crippen LogP contribution < -0.4 is 11.1 Å². The van der Waals surface area contributed by atoms with Crippen LogP contribution in [0, 0.1) is 11.6 Å². The number of nitrogens with one attached hydrogen (secondary N) is 1. The number of hydrogen-bond donors (Lipinski definition) is 2. The van der Waals surface area contributed by atoms with Crippen LogP contribution in [0.1, 0.15) is 25.8 Å². The van der Waals surface area contributed by atoms with Crippen molar-refractivity contribution < 1.29 is 8.78 Å². The molecule has 3 N–H and O–H groups in total. The lowest BCUT2D eigenvalue weighted by Crippen LogP contribution is -2.36. The fourth-order valence-electron chi connectivity index (χ4n) is 1.46. The van der Waals surface area contributed by atoms with E-state index in [-0.39, 0.29) is 5.54 Å². The summed E-state index contributed by atoms with van der Waals surface area (Å²) in [6.07, 6.45) is 1.56. The molecule has 4 heteroatoms. The molecular formula is C13H20F2N2. The summed E-state index contributed by atoms with van der Waals surface area (Å²) in [5.74, 6) is -1.59. The zero-order valence-electron chi connectivity index (χ0n) is 10.4. The molecule has 17 heavy (non-hydrogen) atoms. The number of rotatable bonds is 6. The van der Waals surface area contributed by atoms with Gasteiger partial charge in [-0.25, -0.2) is 8.78 Å². The molecule has 0 fully saturated rings. The Morgan fingerprint density at radius 3 is 2.47 bits per heavy atom. The van der Waals surface area contributed by atoms with Gasteiger partial charge in [-0.05, 0) is 57.5 Å². The lowest BCUT2D eigenvalue weighted by molar-refractivity contribution is 0.456. The summed E-state index contributed by atoms with van der Waals surface area (Å²) in [4.78, 5) is 0. The quantitative estimate of drug-likeness (QED) is 0.751. The molecule has 0 spiro atoms. The highest BCUT2D eigenvalue weighted by Gasteiger charge is 2.09. The second-order valence-electron chi connectivity index (χ2n) is 4.99. The highest BCUT2D eigenvalue weighted by Crippen LogP contribution is 2.08. The van der Waals surface area contributed by atoms with Crippen LogP contribution in [-0.4, -0.2) is 18.6 Å². The van der Waals surface area contributed by atoms with Gasteiger partial charge in [0.15, 0.2) is 11.6 Å². The van der Waals surface area contributed by atoms with Gasteiger partial charge in [-0.15, -0.1) is 0 Å². The third-order valence-electron chi connectivity index (χ3n) is 2.52. The summed E-state index contributed by atoms with van der Waals surface area (Å²) in [6.45, 7) is 5.52. The Morgan fingerprint density at radius 2 is 1.88 bits per heavy atom. The smallest absolute Gasteiger partial charge is 0.159 e. The van der Waals surface area contributed by atoms with Crippen LogP contribution in [0.25, 0.3) is 0 Å². The van der Waals surface area contributed by atoms with Gasteiger partial charge in [0, 0.05) is 5.54 Å². The standard InChI is InChI=1S/C13H20F2N2/c1-13(2,16)6-8-17-7-5-10-3-4-11(14)12(15)9-10/h3-4,9,17H,5-8,16H2,1-2H3. The Balaban J connectivity index is 2.25. The predicted octanol–water partition coefficient (Wildman–Crippen LogP) is 2.22. The SMILES string of the molecule is CC(C)(N)CCNCCc1ccc(F)c(F)c1. The van der Waals surface area contributed by atoms with Crippen molar-refractivity contribution in [3.63, 3.8) is 0 Å². The van der Waals surface area contributed by atoms with E-state index in [4.69, 9.17) is 5.73 Å². The molecule has 2 nitrogen and oxygen atoms in total. The fraction of sp³-hybridized carbons (Fsp3) is 0.538. The summed E-state index contributed by atoms with van der Waals surface area (Å²) >= 11 is 0. The van der Waals surface area contributed by atoms with E-state index in [1.807, 2.05) is 13.8 Å². The van der Waals surface area contributed by atoms with Crippen molar-refractivity contribution in [3.8, 4) is 0 Å². The minimum Gasteiger partial charge on any atom is -0.326 e. The van der Waals surface area contributed by atoms with Gasteiger partial charge in [-0.3, -0.25) is 0 Å². The first-order valence-electron chi connectivity index (χ1n) is 5.82. The van der Waals surface area contributed by atoms with Crippen LogP contribution in [0.3, 0.4) is 0 Å². The van der Waals surface area contributed by atoms with Gasteiger partial charge in [-0.1, -0.05) is 6.07 Å². The van der Waals surface area contributed by atoms with E-state index in [0.717, 1.165) is 31.1 Å². The number of halogens is 2. The van der Waals surface area contributed by atoms with Crippen molar-refractivity contribution in [1.29, 1.82) is 0 Å². The summed E-state index contributed by atoms with van der Waals surface area (Å²) < 4.78 is 25.6. The maximum atomic E-state index is 12.9. The zero-order chi connectivity index (χ0) is 12.9. The summed E-state index contributed by atoms with van der Waals surface area (Å²) in [5, 5.41) is 3.23. The number of benzene rings is 1. The molecule has 96 valence electrons. The topological polar surface area (TPSA) is 38.0 Å². The van der Waals surface area contributed by atoms with Crippen molar-refractivity contribution in [2.24, 2.45) is 5.73 Å². The van der Waals surface area contributed by atoms with Crippen molar-refractivity contribution >= 4 is 0 Å². The molecule has 0 radical (unpaired) electrons. The molecule has 0 amide bonds. The lowest BCUT2D eigenvalue weighted by Gasteiger charge is -2.18. The largest absolute Gasteiger partial charge is 0.326 e. The van der Waals surface area contributed by atoms with Crippen LogP contribution in [-0.2, 0) is 6.42 Å². The van der Waals surface area contributed by atoms with Crippen LogP contribution in [0.5, 0.6) is 0 Å². The summed E-state index contributed by atoms with van der Waals surface area (Å²) in [7, 11) is 0.